The fraction of sp³-hybridized carbons (Fsp3) is 1.00. The predicted molar refractivity (Wildman–Crippen MR) is 134 cm³/mol. The Morgan fingerprint density at radius 1 is 0.567 bits per heavy atom. The maximum Gasteiger partial charge on any atom is 0.102 e. The topological polar surface area (TPSA) is 20.2 Å². The first kappa shape index (κ1) is 28.0. The van der Waals surface area contributed by atoms with Crippen LogP contribution >= 0.6 is 0 Å². The van der Waals surface area contributed by atoms with E-state index in [4.69, 9.17) is 0 Å². The van der Waals surface area contributed by atoms with Crippen LogP contribution in [0, 0.1) is 0 Å². The van der Waals surface area contributed by atoms with Crippen LogP contribution in [0.25, 0.3) is 0 Å². The standard InChI is InChI=1S/C28H58NO/c1-3-4-5-6-7-8-9-10-11-12-13-14-15-16-17-18-22-25-29(2,26-27-30)28-23-20-19-21-24-28/h28,30H,3-27H2,1-2H3/q+1. The Hall–Kier alpha value is -0.0800. The van der Waals surface area contributed by atoms with Crippen molar-refractivity contribution in [2.24, 2.45) is 0 Å². The first-order chi connectivity index (χ1) is 14.7. The molecule has 1 atom stereocenters. The highest BCUT2D eigenvalue weighted by Crippen LogP contribution is 2.27. The number of hydrogen-bond acceptors (Lipinski definition) is 1. The number of nitrogens with zero attached hydrogens (tertiary/aromatic N) is 1. The van der Waals surface area contributed by atoms with Gasteiger partial charge in [-0.3, -0.25) is 0 Å². The van der Waals surface area contributed by atoms with Crippen LogP contribution in [-0.4, -0.2) is 42.4 Å². The van der Waals surface area contributed by atoms with Gasteiger partial charge in [-0.1, -0.05) is 110 Å². The second-order valence-electron chi connectivity index (χ2n) is 10.6. The first-order valence-corrected chi connectivity index (χ1v) is 14.2. The molecule has 0 aromatic heterocycles. The van der Waals surface area contributed by atoms with E-state index in [-0.39, 0.29) is 0 Å². The lowest BCUT2D eigenvalue weighted by Crippen LogP contribution is -2.55. The number of aliphatic hydroxyl groups excluding tert-OH is 1. The van der Waals surface area contributed by atoms with Crippen molar-refractivity contribution >= 4 is 0 Å². The van der Waals surface area contributed by atoms with Gasteiger partial charge in [-0.05, 0) is 38.5 Å². The quantitative estimate of drug-likeness (QED) is 0.145. The van der Waals surface area contributed by atoms with Crippen LogP contribution in [0.2, 0.25) is 0 Å². The number of unbranched alkanes of at least 4 members (excludes halogenated alkanes) is 16. The second kappa shape index (κ2) is 19.6. The van der Waals surface area contributed by atoms with E-state index in [9.17, 15) is 5.11 Å². The molecule has 1 N–H and O–H groups in total. The van der Waals surface area contributed by atoms with Gasteiger partial charge in [0.25, 0.3) is 0 Å². The molecule has 0 amide bonds. The number of aliphatic hydroxyl groups is 1. The zero-order valence-electron chi connectivity index (χ0n) is 21.1. The summed E-state index contributed by atoms with van der Waals surface area (Å²) in [6.45, 7) is 4.90. The monoisotopic (exact) mass is 424 g/mol. The predicted octanol–water partition coefficient (Wildman–Crippen LogP) is 8.41. The molecule has 0 radical (unpaired) electrons. The normalized spacial score (nSPS) is 17.3. The number of hydrogen-bond donors (Lipinski definition) is 1. The lowest BCUT2D eigenvalue weighted by molar-refractivity contribution is -0.935. The summed E-state index contributed by atoms with van der Waals surface area (Å²) in [7, 11) is 2.42. The first-order valence-electron chi connectivity index (χ1n) is 14.2. The van der Waals surface area contributed by atoms with Gasteiger partial charge in [0.15, 0.2) is 0 Å². The van der Waals surface area contributed by atoms with Gasteiger partial charge in [0.1, 0.15) is 6.54 Å². The highest BCUT2D eigenvalue weighted by Gasteiger charge is 2.32. The van der Waals surface area contributed by atoms with Gasteiger partial charge in [-0.15, -0.1) is 0 Å². The molecule has 1 unspecified atom stereocenters. The zero-order valence-corrected chi connectivity index (χ0v) is 21.1. The Kier molecular flexibility index (Phi) is 18.3. The van der Waals surface area contributed by atoms with Crippen molar-refractivity contribution in [3.8, 4) is 0 Å². The Morgan fingerprint density at radius 2 is 0.967 bits per heavy atom. The highest BCUT2D eigenvalue weighted by atomic mass is 16.3. The minimum atomic E-state index is 0.353. The molecule has 0 aromatic carbocycles. The molecule has 1 aliphatic carbocycles. The van der Waals surface area contributed by atoms with E-state index in [1.54, 1.807) is 0 Å². The molecule has 30 heavy (non-hydrogen) atoms. The highest BCUT2D eigenvalue weighted by molar-refractivity contribution is 4.67. The average molecular weight is 425 g/mol. The molecule has 1 fully saturated rings. The van der Waals surface area contributed by atoms with Crippen LogP contribution < -0.4 is 0 Å². The summed E-state index contributed by atoms with van der Waals surface area (Å²) in [6, 6.07) is 0.812. The Balaban J connectivity index is 1.87. The Bertz CT molecular complexity index is 353. The van der Waals surface area contributed by atoms with Crippen molar-refractivity contribution in [2.75, 3.05) is 26.7 Å². The maximum atomic E-state index is 9.56. The molecule has 0 bridgehead atoms. The fourth-order valence-electron chi connectivity index (χ4n) is 5.61. The molecule has 1 aliphatic rings. The summed E-state index contributed by atoms with van der Waals surface area (Å²) in [6.07, 6.45) is 31.5. The van der Waals surface area contributed by atoms with Crippen molar-refractivity contribution in [1.29, 1.82) is 0 Å². The maximum absolute atomic E-state index is 9.56. The molecular formula is C28H58NO+. The third kappa shape index (κ3) is 14.1. The lowest BCUT2D eigenvalue weighted by Gasteiger charge is -2.43. The van der Waals surface area contributed by atoms with Crippen molar-refractivity contribution < 1.29 is 9.59 Å². The van der Waals surface area contributed by atoms with Crippen molar-refractivity contribution in [1.82, 2.24) is 0 Å². The summed E-state index contributed by atoms with van der Waals surface area (Å²) >= 11 is 0. The zero-order chi connectivity index (χ0) is 21.8. The van der Waals surface area contributed by atoms with Crippen LogP contribution in [-0.2, 0) is 0 Å². The molecule has 180 valence electrons. The van der Waals surface area contributed by atoms with Crippen LogP contribution in [0.1, 0.15) is 148 Å². The molecule has 0 aliphatic heterocycles. The minimum Gasteiger partial charge on any atom is -0.391 e. The van der Waals surface area contributed by atoms with Gasteiger partial charge in [-0.25, -0.2) is 0 Å². The summed E-state index contributed by atoms with van der Waals surface area (Å²) in [5.41, 5.74) is 0. The van der Waals surface area contributed by atoms with E-state index in [1.807, 2.05) is 0 Å². The summed E-state index contributed by atoms with van der Waals surface area (Å²) in [5, 5.41) is 9.56. The summed E-state index contributed by atoms with van der Waals surface area (Å²) in [4.78, 5) is 0. The van der Waals surface area contributed by atoms with Crippen LogP contribution in [0.15, 0.2) is 0 Å². The number of rotatable bonds is 21. The molecular weight excluding hydrogens is 366 g/mol. The molecule has 0 aromatic rings. The largest absolute Gasteiger partial charge is 0.391 e. The SMILES string of the molecule is CCCCCCCCCCCCCCCCCCC[N+](C)(CCO)C1CCCCC1. The van der Waals surface area contributed by atoms with E-state index in [0.717, 1.165) is 17.1 Å². The van der Waals surface area contributed by atoms with Crippen molar-refractivity contribution in [3.63, 3.8) is 0 Å². The summed E-state index contributed by atoms with van der Waals surface area (Å²) in [5.74, 6) is 0. The van der Waals surface area contributed by atoms with Crippen molar-refractivity contribution in [2.45, 2.75) is 154 Å². The van der Waals surface area contributed by atoms with Gasteiger partial charge in [-0.2, -0.15) is 0 Å². The van der Waals surface area contributed by atoms with E-state index in [0.29, 0.717) is 6.61 Å². The molecule has 2 heteroatoms. The Morgan fingerprint density at radius 3 is 1.37 bits per heavy atom. The molecule has 0 spiro atoms. The molecule has 1 rings (SSSR count). The van der Waals surface area contributed by atoms with E-state index in [2.05, 4.69) is 14.0 Å². The third-order valence-corrected chi connectivity index (χ3v) is 7.84. The van der Waals surface area contributed by atoms with Gasteiger partial charge in [0.2, 0.25) is 0 Å². The average Bonchev–Trinajstić information content (AvgIpc) is 2.77. The van der Waals surface area contributed by atoms with E-state index >= 15 is 0 Å². The van der Waals surface area contributed by atoms with E-state index in [1.165, 1.54) is 148 Å². The van der Waals surface area contributed by atoms with Crippen LogP contribution in [0.4, 0.5) is 0 Å². The third-order valence-electron chi connectivity index (χ3n) is 7.84. The molecule has 1 saturated carbocycles. The fourth-order valence-corrected chi connectivity index (χ4v) is 5.61. The van der Waals surface area contributed by atoms with Crippen LogP contribution in [0.3, 0.4) is 0 Å². The second-order valence-corrected chi connectivity index (χ2v) is 10.6. The van der Waals surface area contributed by atoms with Gasteiger partial charge >= 0.3 is 0 Å². The smallest absolute Gasteiger partial charge is 0.102 e. The number of quaternary nitrogens is 1. The van der Waals surface area contributed by atoms with Crippen LogP contribution in [0.5, 0.6) is 0 Å². The van der Waals surface area contributed by atoms with Gasteiger partial charge < -0.3 is 9.59 Å². The molecule has 0 heterocycles. The lowest BCUT2D eigenvalue weighted by atomic mass is 9.92. The van der Waals surface area contributed by atoms with Gasteiger partial charge in [0, 0.05) is 0 Å². The number of likely N-dealkylation sites (N-methyl/N-ethyl adjacent to an activating group) is 1. The van der Waals surface area contributed by atoms with E-state index < -0.39 is 0 Å². The Labute approximate surface area is 190 Å². The molecule has 0 saturated heterocycles. The molecule has 2 nitrogen and oxygen atoms in total. The van der Waals surface area contributed by atoms with Crippen molar-refractivity contribution in [3.05, 3.63) is 0 Å². The van der Waals surface area contributed by atoms with Gasteiger partial charge in [0.05, 0.1) is 26.2 Å². The summed E-state index contributed by atoms with van der Waals surface area (Å²) < 4.78 is 1.13. The minimum absolute atomic E-state index is 0.353.